The summed E-state index contributed by atoms with van der Waals surface area (Å²) in [6.07, 6.45) is 3.65. The first-order valence-electron chi connectivity index (χ1n) is 7.32. The minimum absolute atomic E-state index is 0. The monoisotopic (exact) mass is 296 g/mol. The first-order chi connectivity index (χ1) is 9.29. The molecule has 1 aliphatic carbocycles. The number of nitrogens with one attached hydrogen (secondary N) is 1. The molecule has 0 spiro atoms. The van der Waals surface area contributed by atoms with Crippen molar-refractivity contribution in [1.82, 2.24) is 10.2 Å². The molecular formula is C16H25ClN2O. The van der Waals surface area contributed by atoms with Crippen molar-refractivity contribution >= 4 is 18.3 Å². The molecule has 1 saturated carbocycles. The van der Waals surface area contributed by atoms with Crippen molar-refractivity contribution in [3.05, 3.63) is 35.9 Å². The molecule has 1 aromatic carbocycles. The van der Waals surface area contributed by atoms with Gasteiger partial charge in [-0.15, -0.1) is 12.4 Å². The van der Waals surface area contributed by atoms with Crippen LogP contribution in [0.25, 0.3) is 0 Å². The highest BCUT2D eigenvalue weighted by atomic mass is 35.5. The van der Waals surface area contributed by atoms with Crippen LogP contribution in [0.2, 0.25) is 0 Å². The molecule has 0 aromatic heterocycles. The average Bonchev–Trinajstić information content (AvgIpc) is 3.23. The summed E-state index contributed by atoms with van der Waals surface area (Å²) >= 11 is 0. The van der Waals surface area contributed by atoms with Gasteiger partial charge >= 0.3 is 0 Å². The van der Waals surface area contributed by atoms with E-state index in [2.05, 4.69) is 24.4 Å². The molecule has 2 rings (SSSR count). The summed E-state index contributed by atoms with van der Waals surface area (Å²) in [7, 11) is 0. The molecule has 1 aliphatic rings. The third-order valence-electron chi connectivity index (χ3n) is 3.47. The zero-order valence-corrected chi connectivity index (χ0v) is 13.0. The van der Waals surface area contributed by atoms with Crippen LogP contribution in [0.4, 0.5) is 0 Å². The van der Waals surface area contributed by atoms with Gasteiger partial charge in [-0.2, -0.15) is 0 Å². The normalized spacial score (nSPS) is 13.7. The van der Waals surface area contributed by atoms with E-state index in [-0.39, 0.29) is 18.3 Å². The van der Waals surface area contributed by atoms with E-state index in [0.29, 0.717) is 6.54 Å². The summed E-state index contributed by atoms with van der Waals surface area (Å²) in [5, 5.41) is 3.28. The van der Waals surface area contributed by atoms with Gasteiger partial charge < -0.3 is 10.2 Å². The molecule has 0 atom stereocenters. The highest BCUT2D eigenvalue weighted by Crippen LogP contribution is 2.27. The Bertz CT molecular complexity index is 393. The first kappa shape index (κ1) is 17.0. The molecule has 0 radical (unpaired) electrons. The van der Waals surface area contributed by atoms with Gasteiger partial charge in [-0.1, -0.05) is 37.3 Å². The van der Waals surface area contributed by atoms with Crippen LogP contribution in [0.3, 0.4) is 0 Å². The van der Waals surface area contributed by atoms with E-state index < -0.39 is 0 Å². The van der Waals surface area contributed by atoms with E-state index >= 15 is 0 Å². The molecule has 0 heterocycles. The Kier molecular flexibility index (Phi) is 7.63. The lowest BCUT2D eigenvalue weighted by molar-refractivity contribution is -0.130. The van der Waals surface area contributed by atoms with Crippen molar-refractivity contribution in [2.75, 3.05) is 19.6 Å². The van der Waals surface area contributed by atoms with Crippen LogP contribution in [0.1, 0.15) is 31.7 Å². The van der Waals surface area contributed by atoms with Crippen molar-refractivity contribution < 1.29 is 4.79 Å². The van der Waals surface area contributed by atoms with Crippen LogP contribution in [0, 0.1) is 5.92 Å². The fourth-order valence-corrected chi connectivity index (χ4v) is 2.18. The highest BCUT2D eigenvalue weighted by molar-refractivity contribution is 5.85. The van der Waals surface area contributed by atoms with Gasteiger partial charge in [0.25, 0.3) is 0 Å². The number of rotatable bonds is 8. The van der Waals surface area contributed by atoms with Gasteiger partial charge in [0.05, 0.1) is 6.54 Å². The lowest BCUT2D eigenvalue weighted by atomic mass is 10.2. The van der Waals surface area contributed by atoms with Crippen LogP contribution in [-0.2, 0) is 11.3 Å². The molecular weight excluding hydrogens is 272 g/mol. The molecule has 4 heteroatoms. The van der Waals surface area contributed by atoms with Crippen molar-refractivity contribution in [1.29, 1.82) is 0 Å². The van der Waals surface area contributed by atoms with Gasteiger partial charge in [0, 0.05) is 13.1 Å². The van der Waals surface area contributed by atoms with Gasteiger partial charge in [-0.3, -0.25) is 4.79 Å². The van der Waals surface area contributed by atoms with Crippen molar-refractivity contribution in [3.63, 3.8) is 0 Å². The molecule has 1 aromatic rings. The summed E-state index contributed by atoms with van der Waals surface area (Å²) in [4.78, 5) is 14.2. The van der Waals surface area contributed by atoms with Gasteiger partial charge in [0.15, 0.2) is 0 Å². The van der Waals surface area contributed by atoms with E-state index in [1.165, 1.54) is 18.4 Å². The first-order valence-corrected chi connectivity index (χ1v) is 7.32. The van der Waals surface area contributed by atoms with Crippen LogP contribution in [0.5, 0.6) is 0 Å². The molecule has 0 unspecified atom stereocenters. The summed E-state index contributed by atoms with van der Waals surface area (Å²) in [5.41, 5.74) is 1.20. The number of hydrogen-bond acceptors (Lipinski definition) is 2. The minimum Gasteiger partial charge on any atom is -0.337 e. The molecule has 1 amide bonds. The van der Waals surface area contributed by atoms with Crippen LogP contribution < -0.4 is 5.32 Å². The van der Waals surface area contributed by atoms with Crippen molar-refractivity contribution in [2.24, 2.45) is 5.92 Å². The molecule has 1 fully saturated rings. The quantitative estimate of drug-likeness (QED) is 0.800. The smallest absolute Gasteiger partial charge is 0.236 e. The Balaban J connectivity index is 0.00000200. The van der Waals surface area contributed by atoms with Crippen LogP contribution in [-0.4, -0.2) is 30.4 Å². The lowest BCUT2D eigenvalue weighted by Gasteiger charge is -2.22. The largest absolute Gasteiger partial charge is 0.337 e. The second-order valence-corrected chi connectivity index (χ2v) is 5.38. The van der Waals surface area contributed by atoms with Gasteiger partial charge in [0.1, 0.15) is 0 Å². The molecule has 20 heavy (non-hydrogen) atoms. The second-order valence-electron chi connectivity index (χ2n) is 5.38. The van der Waals surface area contributed by atoms with Crippen LogP contribution >= 0.6 is 12.4 Å². The Morgan fingerprint density at radius 1 is 1.30 bits per heavy atom. The molecule has 0 aliphatic heterocycles. The Hall–Kier alpha value is -1.06. The summed E-state index contributed by atoms with van der Waals surface area (Å²) < 4.78 is 0. The highest BCUT2D eigenvalue weighted by Gasteiger charge is 2.21. The Morgan fingerprint density at radius 2 is 2.00 bits per heavy atom. The van der Waals surface area contributed by atoms with Crippen molar-refractivity contribution in [3.8, 4) is 0 Å². The predicted octanol–water partition coefficient (Wildman–Crippen LogP) is 2.85. The maximum atomic E-state index is 12.2. The maximum Gasteiger partial charge on any atom is 0.236 e. The number of amides is 1. The number of nitrogens with zero attached hydrogens (tertiary/aromatic N) is 1. The number of carbonyl (C=O) groups is 1. The zero-order chi connectivity index (χ0) is 13.5. The fraction of sp³-hybridized carbons (Fsp3) is 0.562. The van der Waals surface area contributed by atoms with Crippen molar-refractivity contribution in [2.45, 2.75) is 32.7 Å². The zero-order valence-electron chi connectivity index (χ0n) is 12.2. The molecule has 112 valence electrons. The average molecular weight is 297 g/mol. The predicted molar refractivity (Wildman–Crippen MR) is 85.0 cm³/mol. The topological polar surface area (TPSA) is 32.3 Å². The van der Waals surface area contributed by atoms with Gasteiger partial charge in [-0.25, -0.2) is 0 Å². The maximum absolute atomic E-state index is 12.2. The summed E-state index contributed by atoms with van der Waals surface area (Å²) in [5.74, 6) is 1.04. The molecule has 1 N–H and O–H groups in total. The molecule has 3 nitrogen and oxygen atoms in total. The van der Waals surface area contributed by atoms with E-state index in [4.69, 9.17) is 0 Å². The number of benzene rings is 1. The van der Waals surface area contributed by atoms with Gasteiger partial charge in [-0.05, 0) is 37.3 Å². The molecule has 0 bridgehead atoms. The summed E-state index contributed by atoms with van der Waals surface area (Å²) in [6.45, 7) is 5.14. The standard InChI is InChI=1S/C16H24N2O.ClH/c1-2-10-18(13-15-6-4-3-5-7-15)16(19)12-17-11-14-8-9-14;/h3-7,14,17H,2,8-13H2,1H3;1H. The number of halogens is 1. The SMILES string of the molecule is CCCN(Cc1ccccc1)C(=O)CNCC1CC1.Cl. The van der Waals surface area contributed by atoms with E-state index in [9.17, 15) is 4.79 Å². The number of carbonyl (C=O) groups excluding carboxylic acids is 1. The third-order valence-corrected chi connectivity index (χ3v) is 3.47. The second kappa shape index (κ2) is 8.98. The van der Waals surface area contributed by atoms with E-state index in [1.807, 2.05) is 23.1 Å². The summed E-state index contributed by atoms with van der Waals surface area (Å²) in [6, 6.07) is 10.2. The van der Waals surface area contributed by atoms with E-state index in [0.717, 1.165) is 32.0 Å². The van der Waals surface area contributed by atoms with Gasteiger partial charge in [0.2, 0.25) is 5.91 Å². The lowest BCUT2D eigenvalue weighted by Crippen LogP contribution is -2.38. The number of hydrogen-bond donors (Lipinski definition) is 1. The fourth-order valence-electron chi connectivity index (χ4n) is 2.18. The minimum atomic E-state index is 0. The Labute approximate surface area is 128 Å². The van der Waals surface area contributed by atoms with E-state index in [1.54, 1.807) is 0 Å². The Morgan fingerprint density at radius 3 is 2.60 bits per heavy atom. The van der Waals surface area contributed by atoms with Crippen LogP contribution in [0.15, 0.2) is 30.3 Å². The third kappa shape index (κ3) is 5.93. The molecule has 0 saturated heterocycles.